The van der Waals surface area contributed by atoms with Gasteiger partial charge in [0.1, 0.15) is 0 Å². The molecule has 0 aliphatic heterocycles. The summed E-state index contributed by atoms with van der Waals surface area (Å²) in [5, 5.41) is 16.6. The maximum Gasteiger partial charge on any atom is 0.346 e. The molecular weight excluding hydrogens is 236 g/mol. The van der Waals surface area contributed by atoms with Gasteiger partial charge in [0.25, 0.3) is 5.56 Å². The van der Waals surface area contributed by atoms with Gasteiger partial charge in [0.2, 0.25) is 5.82 Å². The van der Waals surface area contributed by atoms with E-state index in [0.717, 1.165) is 15.7 Å². The number of hydrogen-bond donors (Lipinski definition) is 2. The molecule has 1 heterocycles. The number of nitrogens with zero attached hydrogens (tertiary/aromatic N) is 3. The van der Waals surface area contributed by atoms with Gasteiger partial charge in [0.05, 0.1) is 5.60 Å². The molecule has 1 aromatic rings. The molecule has 7 nitrogen and oxygen atoms in total. The molecular formula is C11H20N4O3. The third-order valence-corrected chi connectivity index (χ3v) is 2.75. The second-order valence-corrected chi connectivity index (χ2v) is 4.72. The van der Waals surface area contributed by atoms with E-state index in [9.17, 15) is 14.7 Å². The van der Waals surface area contributed by atoms with Gasteiger partial charge in [-0.25, -0.2) is 9.48 Å². The fraction of sp³-hybridized carbons (Fsp3) is 0.727. The number of rotatable bonds is 5. The Morgan fingerprint density at radius 3 is 2.56 bits per heavy atom. The Labute approximate surface area is 105 Å². The predicted octanol–water partition coefficient (Wildman–Crippen LogP) is -0.558. The molecule has 1 atom stereocenters. The minimum Gasteiger partial charge on any atom is -0.388 e. The van der Waals surface area contributed by atoms with Crippen molar-refractivity contribution in [2.75, 3.05) is 11.9 Å². The molecule has 0 saturated carbocycles. The molecule has 1 aromatic heterocycles. The molecule has 0 aliphatic carbocycles. The molecule has 0 saturated heterocycles. The Hall–Kier alpha value is -1.63. The first-order valence-corrected chi connectivity index (χ1v) is 5.89. The van der Waals surface area contributed by atoms with Crippen LogP contribution in [0.15, 0.2) is 9.59 Å². The van der Waals surface area contributed by atoms with Crippen LogP contribution < -0.4 is 16.6 Å². The normalized spacial score (nSPS) is 14.3. The summed E-state index contributed by atoms with van der Waals surface area (Å²) >= 11 is 0. The average molecular weight is 256 g/mol. The van der Waals surface area contributed by atoms with E-state index < -0.39 is 16.9 Å². The van der Waals surface area contributed by atoms with Crippen LogP contribution in [0.25, 0.3) is 0 Å². The number of aryl methyl sites for hydroxylation is 1. The van der Waals surface area contributed by atoms with Gasteiger partial charge in [-0.05, 0) is 13.3 Å². The number of anilines is 1. The smallest absolute Gasteiger partial charge is 0.346 e. The summed E-state index contributed by atoms with van der Waals surface area (Å²) in [5.41, 5.74) is -1.88. The van der Waals surface area contributed by atoms with E-state index in [1.165, 1.54) is 14.1 Å². The lowest BCUT2D eigenvalue weighted by atomic mass is 10.0. The van der Waals surface area contributed by atoms with E-state index in [1.807, 2.05) is 6.92 Å². The zero-order valence-electron chi connectivity index (χ0n) is 11.2. The Morgan fingerprint density at radius 1 is 1.39 bits per heavy atom. The second kappa shape index (κ2) is 5.34. The molecule has 18 heavy (non-hydrogen) atoms. The van der Waals surface area contributed by atoms with Gasteiger partial charge >= 0.3 is 5.69 Å². The lowest BCUT2D eigenvalue weighted by Gasteiger charge is -2.23. The van der Waals surface area contributed by atoms with Gasteiger partial charge in [0, 0.05) is 20.6 Å². The lowest BCUT2D eigenvalue weighted by Crippen LogP contribution is -2.42. The first kappa shape index (κ1) is 14.4. The van der Waals surface area contributed by atoms with Crippen LogP contribution in [0.4, 0.5) is 5.82 Å². The third-order valence-electron chi connectivity index (χ3n) is 2.75. The average Bonchev–Trinajstić information content (AvgIpc) is 2.29. The lowest BCUT2D eigenvalue weighted by molar-refractivity contribution is 0.0635. The highest BCUT2D eigenvalue weighted by molar-refractivity contribution is 5.30. The largest absolute Gasteiger partial charge is 0.388 e. The highest BCUT2D eigenvalue weighted by Gasteiger charge is 2.20. The monoisotopic (exact) mass is 256 g/mol. The van der Waals surface area contributed by atoms with Gasteiger partial charge in [-0.3, -0.25) is 9.36 Å². The molecule has 0 aromatic carbocycles. The summed E-state index contributed by atoms with van der Waals surface area (Å²) in [6, 6.07) is 0. The van der Waals surface area contributed by atoms with E-state index in [4.69, 9.17) is 0 Å². The number of hydrogen-bond acceptors (Lipinski definition) is 5. The standard InChI is InChI=1S/C11H20N4O3/c1-5-6-11(2,18)7-12-8-9(16)14(3)10(17)15(4)13-8/h18H,5-7H2,1-4H3,(H,12,13). The maximum atomic E-state index is 11.8. The second-order valence-electron chi connectivity index (χ2n) is 4.72. The van der Waals surface area contributed by atoms with Crippen LogP contribution in [-0.4, -0.2) is 31.6 Å². The Bertz CT molecular complexity index is 530. The minimum atomic E-state index is -0.907. The first-order valence-electron chi connectivity index (χ1n) is 5.89. The first-order chi connectivity index (χ1) is 8.28. The fourth-order valence-electron chi connectivity index (χ4n) is 1.71. The van der Waals surface area contributed by atoms with Gasteiger partial charge in [-0.1, -0.05) is 13.3 Å². The Balaban J connectivity index is 2.94. The van der Waals surface area contributed by atoms with E-state index in [2.05, 4.69) is 10.4 Å². The quantitative estimate of drug-likeness (QED) is 0.737. The molecule has 2 N–H and O–H groups in total. The third kappa shape index (κ3) is 3.19. The number of aliphatic hydroxyl groups is 1. The van der Waals surface area contributed by atoms with Crippen molar-refractivity contribution in [2.45, 2.75) is 32.3 Å². The zero-order valence-corrected chi connectivity index (χ0v) is 11.2. The predicted molar refractivity (Wildman–Crippen MR) is 68.7 cm³/mol. The fourth-order valence-corrected chi connectivity index (χ4v) is 1.71. The highest BCUT2D eigenvalue weighted by atomic mass is 16.3. The summed E-state index contributed by atoms with van der Waals surface area (Å²) in [5.74, 6) is 0.0657. The molecule has 1 unspecified atom stereocenters. The van der Waals surface area contributed by atoms with Gasteiger partial charge in [-0.2, -0.15) is 0 Å². The van der Waals surface area contributed by atoms with Gasteiger partial charge in [0.15, 0.2) is 0 Å². The van der Waals surface area contributed by atoms with E-state index >= 15 is 0 Å². The molecule has 0 amide bonds. The zero-order chi connectivity index (χ0) is 13.9. The SMILES string of the molecule is CCCC(C)(O)CNc1nn(C)c(=O)n(C)c1=O. The van der Waals surface area contributed by atoms with Crippen molar-refractivity contribution in [2.24, 2.45) is 14.1 Å². The van der Waals surface area contributed by atoms with Crippen LogP contribution >= 0.6 is 0 Å². The highest BCUT2D eigenvalue weighted by Crippen LogP contribution is 2.11. The summed E-state index contributed by atoms with van der Waals surface area (Å²) in [6.45, 7) is 3.87. The summed E-state index contributed by atoms with van der Waals surface area (Å²) in [7, 11) is 2.86. The molecule has 0 spiro atoms. The van der Waals surface area contributed by atoms with Crippen LogP contribution in [0.2, 0.25) is 0 Å². The topological polar surface area (TPSA) is 89.2 Å². The maximum absolute atomic E-state index is 11.8. The van der Waals surface area contributed by atoms with Crippen molar-refractivity contribution in [3.05, 3.63) is 20.8 Å². The number of aromatic nitrogens is 3. The van der Waals surface area contributed by atoms with Crippen molar-refractivity contribution in [3.8, 4) is 0 Å². The van der Waals surface area contributed by atoms with Crippen molar-refractivity contribution >= 4 is 5.82 Å². The Kier molecular flexibility index (Phi) is 4.28. The molecule has 102 valence electrons. The molecule has 0 fully saturated rings. The van der Waals surface area contributed by atoms with Crippen molar-refractivity contribution in [1.82, 2.24) is 14.3 Å². The van der Waals surface area contributed by atoms with Crippen molar-refractivity contribution < 1.29 is 5.11 Å². The summed E-state index contributed by atoms with van der Waals surface area (Å²) in [4.78, 5) is 23.2. The van der Waals surface area contributed by atoms with E-state index in [-0.39, 0.29) is 12.4 Å². The van der Waals surface area contributed by atoms with Crippen LogP contribution in [0, 0.1) is 0 Å². The molecule has 7 heteroatoms. The molecule has 1 rings (SSSR count). The molecule has 0 bridgehead atoms. The number of nitrogens with one attached hydrogen (secondary N) is 1. The van der Waals surface area contributed by atoms with Crippen LogP contribution in [0.3, 0.4) is 0 Å². The summed E-state index contributed by atoms with van der Waals surface area (Å²) in [6.07, 6.45) is 1.46. The van der Waals surface area contributed by atoms with Gasteiger partial charge < -0.3 is 10.4 Å². The molecule has 0 aliphatic rings. The van der Waals surface area contributed by atoms with Gasteiger partial charge in [-0.15, -0.1) is 5.10 Å². The summed E-state index contributed by atoms with van der Waals surface area (Å²) < 4.78 is 2.06. The van der Waals surface area contributed by atoms with Crippen LogP contribution in [0.1, 0.15) is 26.7 Å². The van der Waals surface area contributed by atoms with Crippen molar-refractivity contribution in [3.63, 3.8) is 0 Å². The van der Waals surface area contributed by atoms with E-state index in [0.29, 0.717) is 6.42 Å². The van der Waals surface area contributed by atoms with Crippen LogP contribution in [-0.2, 0) is 14.1 Å². The molecule has 0 radical (unpaired) electrons. The van der Waals surface area contributed by atoms with Crippen LogP contribution in [0.5, 0.6) is 0 Å². The minimum absolute atomic E-state index is 0.0657. The van der Waals surface area contributed by atoms with Crippen molar-refractivity contribution in [1.29, 1.82) is 0 Å². The van der Waals surface area contributed by atoms with E-state index in [1.54, 1.807) is 6.92 Å². The Morgan fingerprint density at radius 2 is 2.00 bits per heavy atom.